The van der Waals surface area contributed by atoms with Crippen molar-refractivity contribution in [3.8, 4) is 17.1 Å². The van der Waals surface area contributed by atoms with E-state index in [0.29, 0.717) is 5.88 Å². The highest BCUT2D eigenvalue weighted by atomic mass is 16.5. The predicted molar refractivity (Wildman–Crippen MR) is 82.5 cm³/mol. The number of fused-ring (bicyclic) bond motifs is 3. The fourth-order valence-electron chi connectivity index (χ4n) is 2.52. The highest BCUT2D eigenvalue weighted by molar-refractivity contribution is 5.81. The molecule has 0 saturated heterocycles. The molecule has 4 rings (SSSR count). The molecule has 0 aliphatic carbocycles. The maximum Gasteiger partial charge on any atom is 0.258 e. The van der Waals surface area contributed by atoms with Crippen molar-refractivity contribution < 1.29 is 4.74 Å². The number of hydrogen-bond acceptors (Lipinski definition) is 3. The van der Waals surface area contributed by atoms with Crippen LogP contribution in [-0.2, 0) is 0 Å². The van der Waals surface area contributed by atoms with E-state index in [2.05, 4.69) is 9.97 Å². The first-order chi connectivity index (χ1) is 10.4. The molecule has 2 aromatic heterocycles. The largest absolute Gasteiger partial charge is 0.478 e. The summed E-state index contributed by atoms with van der Waals surface area (Å²) in [6, 6.07) is 18.1. The van der Waals surface area contributed by atoms with Crippen LogP contribution in [0.25, 0.3) is 27.9 Å². The van der Waals surface area contributed by atoms with Crippen molar-refractivity contribution in [1.82, 2.24) is 14.4 Å². The van der Waals surface area contributed by atoms with E-state index in [1.165, 1.54) is 0 Å². The lowest BCUT2D eigenvalue weighted by Crippen LogP contribution is -1.96. The summed E-state index contributed by atoms with van der Waals surface area (Å²) in [6.45, 7) is 0. The van der Waals surface area contributed by atoms with Crippen LogP contribution in [0, 0.1) is 0 Å². The van der Waals surface area contributed by atoms with Crippen LogP contribution in [0.4, 0.5) is 0 Å². The molecular weight excluding hydrogens is 262 g/mol. The van der Waals surface area contributed by atoms with Crippen LogP contribution in [0.1, 0.15) is 0 Å². The van der Waals surface area contributed by atoms with Gasteiger partial charge in [0, 0.05) is 11.8 Å². The molecule has 0 spiro atoms. The van der Waals surface area contributed by atoms with E-state index in [0.717, 1.165) is 27.9 Å². The second-order valence-corrected chi connectivity index (χ2v) is 4.80. The molecule has 0 unspecified atom stereocenters. The summed E-state index contributed by atoms with van der Waals surface area (Å²) < 4.78 is 7.42. The fraction of sp³-hybridized carbons (Fsp3) is 0.0588. The molecular formula is C17H13N3O. The van der Waals surface area contributed by atoms with Gasteiger partial charge in [0.15, 0.2) is 0 Å². The summed E-state index contributed by atoms with van der Waals surface area (Å²) in [7, 11) is 1.62. The van der Waals surface area contributed by atoms with Crippen molar-refractivity contribution in [2.75, 3.05) is 7.11 Å². The van der Waals surface area contributed by atoms with Gasteiger partial charge in [-0.2, -0.15) is 0 Å². The minimum absolute atomic E-state index is 0.538. The number of rotatable bonds is 2. The van der Waals surface area contributed by atoms with Gasteiger partial charge >= 0.3 is 0 Å². The quantitative estimate of drug-likeness (QED) is 0.561. The van der Waals surface area contributed by atoms with Crippen molar-refractivity contribution in [2.45, 2.75) is 0 Å². The molecule has 0 atom stereocenters. The van der Waals surface area contributed by atoms with Crippen molar-refractivity contribution in [1.29, 1.82) is 0 Å². The summed E-state index contributed by atoms with van der Waals surface area (Å²) in [6.07, 6.45) is 2.02. The predicted octanol–water partition coefficient (Wildman–Crippen LogP) is 3.56. The molecule has 0 N–H and O–H groups in total. The number of benzene rings is 2. The Morgan fingerprint density at radius 1 is 0.905 bits per heavy atom. The molecule has 102 valence electrons. The molecule has 0 saturated carbocycles. The molecule has 0 aliphatic heterocycles. The van der Waals surface area contributed by atoms with Crippen LogP contribution in [0.3, 0.4) is 0 Å². The van der Waals surface area contributed by atoms with Crippen LogP contribution < -0.4 is 4.74 Å². The summed E-state index contributed by atoms with van der Waals surface area (Å²) in [5.41, 5.74) is 4.62. The van der Waals surface area contributed by atoms with E-state index in [1.54, 1.807) is 7.11 Å². The van der Waals surface area contributed by atoms with E-state index in [4.69, 9.17) is 4.74 Å². The smallest absolute Gasteiger partial charge is 0.258 e. The molecule has 0 amide bonds. The Balaban J connectivity index is 2.08. The zero-order chi connectivity index (χ0) is 14.2. The molecule has 0 radical (unpaired) electrons. The summed E-state index contributed by atoms with van der Waals surface area (Å²) in [5, 5.41) is 0. The lowest BCUT2D eigenvalue weighted by Gasteiger charge is -2.04. The van der Waals surface area contributed by atoms with Gasteiger partial charge in [-0.3, -0.25) is 4.40 Å². The first-order valence-corrected chi connectivity index (χ1v) is 6.74. The van der Waals surface area contributed by atoms with Crippen LogP contribution in [0.2, 0.25) is 0 Å². The number of ether oxygens (including phenoxy) is 1. The zero-order valence-corrected chi connectivity index (χ0v) is 11.5. The Kier molecular flexibility index (Phi) is 2.60. The van der Waals surface area contributed by atoms with Gasteiger partial charge in [0.2, 0.25) is 5.65 Å². The van der Waals surface area contributed by atoms with Crippen LogP contribution >= 0.6 is 0 Å². The molecule has 2 aromatic carbocycles. The molecule has 21 heavy (non-hydrogen) atoms. The van der Waals surface area contributed by atoms with Crippen molar-refractivity contribution in [3.05, 3.63) is 60.8 Å². The minimum Gasteiger partial charge on any atom is -0.478 e. The standard InChI is InChI=1S/C17H13N3O/c1-21-17-16-18-14(12-7-3-2-4-8-12)11-20(16)15-10-6-5-9-13(15)19-17/h2-11H,1H3. The number of aromatic nitrogens is 3. The van der Waals surface area contributed by atoms with Crippen LogP contribution in [-0.4, -0.2) is 21.5 Å². The average molecular weight is 275 g/mol. The first-order valence-electron chi connectivity index (χ1n) is 6.74. The van der Waals surface area contributed by atoms with Crippen molar-refractivity contribution >= 4 is 16.7 Å². The number of methoxy groups -OCH3 is 1. The summed E-state index contributed by atoms with van der Waals surface area (Å²) in [4.78, 5) is 9.20. The topological polar surface area (TPSA) is 39.4 Å². The third kappa shape index (κ3) is 1.84. The number of hydrogen-bond donors (Lipinski definition) is 0. The maximum absolute atomic E-state index is 5.39. The number of imidazole rings is 1. The van der Waals surface area contributed by atoms with E-state index in [1.807, 2.05) is 65.2 Å². The maximum atomic E-state index is 5.39. The van der Waals surface area contributed by atoms with E-state index in [-0.39, 0.29) is 0 Å². The lowest BCUT2D eigenvalue weighted by atomic mass is 10.2. The Morgan fingerprint density at radius 3 is 2.48 bits per heavy atom. The second-order valence-electron chi connectivity index (χ2n) is 4.80. The minimum atomic E-state index is 0.538. The van der Waals surface area contributed by atoms with Gasteiger partial charge in [-0.15, -0.1) is 0 Å². The molecule has 2 heterocycles. The summed E-state index contributed by atoms with van der Waals surface area (Å²) in [5.74, 6) is 0.538. The summed E-state index contributed by atoms with van der Waals surface area (Å²) >= 11 is 0. The van der Waals surface area contributed by atoms with Crippen LogP contribution in [0.5, 0.6) is 5.88 Å². The first kappa shape index (κ1) is 11.9. The molecule has 0 fully saturated rings. The van der Waals surface area contributed by atoms with Gasteiger partial charge < -0.3 is 4.74 Å². The third-order valence-electron chi connectivity index (χ3n) is 3.52. The van der Waals surface area contributed by atoms with Gasteiger partial charge in [-0.25, -0.2) is 9.97 Å². The van der Waals surface area contributed by atoms with E-state index >= 15 is 0 Å². The van der Waals surface area contributed by atoms with Gasteiger partial charge in [-0.1, -0.05) is 42.5 Å². The third-order valence-corrected chi connectivity index (χ3v) is 3.52. The lowest BCUT2D eigenvalue weighted by molar-refractivity contribution is 0.402. The van der Waals surface area contributed by atoms with Crippen LogP contribution in [0.15, 0.2) is 60.8 Å². The Morgan fingerprint density at radius 2 is 1.67 bits per heavy atom. The molecule has 0 aliphatic rings. The van der Waals surface area contributed by atoms with Gasteiger partial charge in [0.25, 0.3) is 5.88 Å². The van der Waals surface area contributed by atoms with Crippen molar-refractivity contribution in [2.24, 2.45) is 0 Å². The Labute approximate surface area is 121 Å². The molecule has 4 aromatic rings. The molecule has 0 bridgehead atoms. The van der Waals surface area contributed by atoms with Gasteiger partial charge in [0.1, 0.15) is 0 Å². The van der Waals surface area contributed by atoms with Crippen molar-refractivity contribution in [3.63, 3.8) is 0 Å². The number of para-hydroxylation sites is 2. The average Bonchev–Trinajstić information content (AvgIpc) is 3.00. The molecule has 4 heteroatoms. The Hall–Kier alpha value is -2.88. The second kappa shape index (κ2) is 4.59. The normalized spacial score (nSPS) is 11.1. The number of nitrogens with zero attached hydrogens (tertiary/aromatic N) is 3. The monoisotopic (exact) mass is 275 g/mol. The Bertz CT molecular complexity index is 929. The van der Waals surface area contributed by atoms with E-state index < -0.39 is 0 Å². The van der Waals surface area contributed by atoms with Gasteiger partial charge in [-0.05, 0) is 12.1 Å². The van der Waals surface area contributed by atoms with Gasteiger partial charge in [0.05, 0.1) is 23.8 Å². The highest BCUT2D eigenvalue weighted by Crippen LogP contribution is 2.26. The van der Waals surface area contributed by atoms with E-state index in [9.17, 15) is 0 Å². The SMILES string of the molecule is COc1nc2ccccc2n2cc(-c3ccccc3)nc12. The fourth-order valence-corrected chi connectivity index (χ4v) is 2.52. The zero-order valence-electron chi connectivity index (χ0n) is 11.5. The molecule has 4 nitrogen and oxygen atoms in total. The highest BCUT2D eigenvalue weighted by Gasteiger charge is 2.13.